The van der Waals surface area contributed by atoms with Gasteiger partial charge in [-0.05, 0) is 141 Å². The zero-order valence-electron chi connectivity index (χ0n) is 59.1. The number of carbonyl (C=O) groups is 12. The number of aryl methyl sites for hydroxylation is 1. The van der Waals surface area contributed by atoms with Gasteiger partial charge in [0.1, 0.15) is 24.2 Å². The van der Waals surface area contributed by atoms with Crippen LogP contribution in [0.5, 0.6) is 0 Å². The first-order chi connectivity index (χ1) is 49.5. The number of carbonyl (C=O) groups excluding carboxylic acids is 8. The van der Waals surface area contributed by atoms with Gasteiger partial charge >= 0.3 is 31.0 Å². The summed E-state index contributed by atoms with van der Waals surface area (Å²) in [4.78, 5) is 171. The number of β-amino-alcohol motifs (C(OH)–C–C–N with tert-alkyl or cyclic N) is 1. The number of rotatable bonds is 40. The van der Waals surface area contributed by atoms with E-state index in [2.05, 4.69) is 64.8 Å². The number of benzene rings is 3. The highest BCUT2D eigenvalue weighted by atomic mass is 127. The van der Waals surface area contributed by atoms with E-state index in [1.807, 2.05) is 24.3 Å². The lowest BCUT2D eigenvalue weighted by Crippen LogP contribution is -2.57. The standard InChI is InChI=1S/C68H101BIN15O19/c1-44(67(102)85-39-47(86)37-55(85)69(103)104)76-63(98)51-24-23-50(48-14-5-6-15-49(48)51)62(97)73-26-8-4-9-27-74-64(99)52(17-12-28-75-68(71)80(2)3)78-65(100)53(79-66(101)54(38-58(89)90)77-56(87)18-11-13-45-19-21-46(70)22-20-45)16-7-10-25-72-57(88)40-81-29-31-82(41-59(91)92)33-35-84(43-61(95)96)36-34-83(32-30-81)42-60(93)94/h5-6,14-15,19-24,44,47,52-55,86,103-104H,4,7-13,16-18,25-43H2,1-3H3,(H2,71,75)(H,72,88)(H,73,97)(H,74,99)(H,76,98)(H,77,87)(H,78,100)(H,79,101)(H,89,90)(H,91,92)(H,93,94)(H,95,96)/t44-,47+,52+,53+,54-,55+/m1/s1. The molecular weight excluding hydrogens is 1470 g/mol. The fraction of sp³-hybridized carbons (Fsp3) is 0.574. The largest absolute Gasteiger partial charge is 0.481 e. The minimum absolute atomic E-state index is 0.0405. The number of nitrogens with one attached hydrogen (secondary N) is 7. The van der Waals surface area contributed by atoms with Crippen molar-refractivity contribution in [3.8, 4) is 0 Å². The van der Waals surface area contributed by atoms with E-state index in [1.165, 1.54) is 19.1 Å². The van der Waals surface area contributed by atoms with Crippen LogP contribution in [0.1, 0.15) is 110 Å². The molecule has 2 heterocycles. The topological polar surface area (TPSA) is 488 Å². The molecule has 5 rings (SSSR count). The summed E-state index contributed by atoms with van der Waals surface area (Å²) in [6.45, 7) is 2.18. The SMILES string of the molecule is C[C@@H](NC(=O)c1ccc(C(=O)NCCCCCNC(=O)[C@H](CCCN=C(N)N(C)C)NC(=O)[C@H](CCCCNC(=O)CN2CCN(CC(=O)O)CCN(CC(=O)O)CCN(CC(=O)O)CC2)NC(=O)[C@@H](CC(=O)O)NC(=O)CCCc2ccc(I)cc2)c2ccccc12)C(=O)N1C[C@@H](O)C[C@H]1B(O)O. The van der Waals surface area contributed by atoms with Crippen molar-refractivity contribution in [3.63, 3.8) is 0 Å². The van der Waals surface area contributed by atoms with Crippen LogP contribution < -0.4 is 43.0 Å². The molecule has 0 spiro atoms. The minimum Gasteiger partial charge on any atom is -0.481 e. The predicted molar refractivity (Wildman–Crippen MR) is 391 cm³/mol. The van der Waals surface area contributed by atoms with Gasteiger partial charge in [0.15, 0.2) is 5.96 Å². The van der Waals surface area contributed by atoms with Crippen LogP contribution in [-0.2, 0) is 54.4 Å². The van der Waals surface area contributed by atoms with Crippen molar-refractivity contribution in [2.75, 3.05) is 125 Å². The summed E-state index contributed by atoms with van der Waals surface area (Å²) in [5.41, 5.74) is 7.45. The number of halogens is 1. The maximum atomic E-state index is 14.6. The number of nitrogens with two attached hydrogens (primary N) is 1. The van der Waals surface area contributed by atoms with Crippen molar-refractivity contribution >= 4 is 118 Å². The first-order valence-electron chi connectivity index (χ1n) is 34.9. The molecule has 16 N–H and O–H groups in total. The molecular formula is C68H101BIN15O19. The number of aliphatic hydroxyl groups is 1. The third-order valence-electron chi connectivity index (χ3n) is 17.6. The Kier molecular flexibility index (Phi) is 37.1. The van der Waals surface area contributed by atoms with Gasteiger partial charge in [-0.15, -0.1) is 0 Å². The lowest BCUT2D eigenvalue weighted by Gasteiger charge is -2.32. The average Bonchev–Trinajstić information content (AvgIpc) is 0.933. The van der Waals surface area contributed by atoms with Crippen LogP contribution in [0, 0.1) is 3.57 Å². The van der Waals surface area contributed by atoms with Crippen LogP contribution in [0.2, 0.25) is 0 Å². The normalized spacial score (nSPS) is 17.0. The number of nitrogens with zero attached hydrogens (tertiary/aromatic N) is 7. The number of carboxylic acids is 4. The van der Waals surface area contributed by atoms with Crippen LogP contribution in [0.4, 0.5) is 0 Å². The van der Waals surface area contributed by atoms with E-state index in [-0.39, 0.29) is 173 Å². The molecule has 2 fully saturated rings. The summed E-state index contributed by atoms with van der Waals surface area (Å²) in [6.07, 6.45) is 1.02. The van der Waals surface area contributed by atoms with Crippen molar-refractivity contribution in [1.82, 2.24) is 66.6 Å². The molecule has 6 atom stereocenters. The van der Waals surface area contributed by atoms with Crippen molar-refractivity contribution in [2.24, 2.45) is 10.7 Å². The van der Waals surface area contributed by atoms with Crippen LogP contribution >= 0.6 is 22.6 Å². The van der Waals surface area contributed by atoms with Crippen LogP contribution in [0.3, 0.4) is 0 Å². The van der Waals surface area contributed by atoms with Gasteiger partial charge < -0.3 is 88.3 Å². The van der Waals surface area contributed by atoms with Crippen molar-refractivity contribution < 1.29 is 93.1 Å². The van der Waals surface area contributed by atoms with Crippen LogP contribution in [-0.4, -0.2) is 311 Å². The lowest BCUT2D eigenvalue weighted by atomic mass is 9.77. The van der Waals surface area contributed by atoms with Crippen molar-refractivity contribution in [2.45, 2.75) is 127 Å². The highest BCUT2D eigenvalue weighted by molar-refractivity contribution is 14.1. The van der Waals surface area contributed by atoms with Crippen LogP contribution in [0.15, 0.2) is 65.7 Å². The van der Waals surface area contributed by atoms with Gasteiger partial charge in [-0.2, -0.15) is 0 Å². The molecule has 2 aliphatic heterocycles. The van der Waals surface area contributed by atoms with E-state index in [4.69, 9.17) is 5.73 Å². The second-order valence-corrected chi connectivity index (χ2v) is 27.3. The summed E-state index contributed by atoms with van der Waals surface area (Å²) in [6, 6.07) is 12.0. The van der Waals surface area contributed by atoms with E-state index in [0.29, 0.717) is 42.9 Å². The molecule has 2 aliphatic rings. The molecule has 3 aromatic carbocycles. The Morgan fingerprint density at radius 1 is 0.567 bits per heavy atom. The summed E-state index contributed by atoms with van der Waals surface area (Å²) in [5, 5.41) is 88.5. The Bertz CT molecular complexity index is 3400. The maximum absolute atomic E-state index is 14.6. The second-order valence-electron chi connectivity index (χ2n) is 26.1. The van der Waals surface area contributed by atoms with Gasteiger partial charge in [-0.1, -0.05) is 36.4 Å². The van der Waals surface area contributed by atoms with Gasteiger partial charge in [0.05, 0.1) is 44.6 Å². The molecule has 8 amide bonds. The second kappa shape index (κ2) is 44.9. The maximum Gasteiger partial charge on any atom is 0.475 e. The van der Waals surface area contributed by atoms with Crippen molar-refractivity contribution in [3.05, 3.63) is 80.9 Å². The number of amides is 8. The number of aliphatic imine (C=N–C) groups is 1. The average molecular weight is 1570 g/mol. The fourth-order valence-corrected chi connectivity index (χ4v) is 12.3. The number of guanidine groups is 1. The molecule has 36 heteroatoms. The molecule has 572 valence electrons. The number of likely N-dealkylation sites (tertiary alicyclic amines) is 1. The number of aliphatic carboxylic acids is 4. The van der Waals surface area contributed by atoms with E-state index >= 15 is 0 Å². The van der Waals surface area contributed by atoms with E-state index in [0.717, 1.165) is 14.0 Å². The van der Waals surface area contributed by atoms with E-state index in [1.54, 1.807) is 62.9 Å². The highest BCUT2D eigenvalue weighted by Gasteiger charge is 2.43. The fourth-order valence-electron chi connectivity index (χ4n) is 11.9. The Balaban J connectivity index is 1.24. The lowest BCUT2D eigenvalue weighted by molar-refractivity contribution is -0.141. The molecule has 34 nitrogen and oxygen atoms in total. The van der Waals surface area contributed by atoms with E-state index in [9.17, 15) is 93.1 Å². The molecule has 0 aromatic heterocycles. The Labute approximate surface area is 617 Å². The number of aliphatic hydroxyl groups excluding tert-OH is 1. The summed E-state index contributed by atoms with van der Waals surface area (Å²) in [5.74, 6) is -10.7. The smallest absolute Gasteiger partial charge is 0.475 e. The van der Waals surface area contributed by atoms with E-state index < -0.39 is 121 Å². The molecule has 0 unspecified atom stereocenters. The van der Waals surface area contributed by atoms with Gasteiger partial charge in [-0.25, -0.2) is 0 Å². The third kappa shape index (κ3) is 31.0. The number of fused-ring (bicyclic) bond motifs is 1. The number of carboxylic acid groups (broad SMARTS) is 4. The quantitative estimate of drug-likeness (QED) is 0.00955. The molecule has 0 bridgehead atoms. The highest BCUT2D eigenvalue weighted by Crippen LogP contribution is 2.25. The molecule has 3 aromatic rings. The number of hydrogen-bond donors (Lipinski definition) is 15. The van der Waals surface area contributed by atoms with Gasteiger partial charge in [-0.3, -0.25) is 82.1 Å². The molecule has 104 heavy (non-hydrogen) atoms. The summed E-state index contributed by atoms with van der Waals surface area (Å²) in [7, 11) is 1.50. The van der Waals surface area contributed by atoms with Gasteiger partial charge in [0, 0.05) is 120 Å². The molecule has 2 saturated heterocycles. The monoisotopic (exact) mass is 1570 g/mol. The molecule has 0 saturated carbocycles. The first kappa shape index (κ1) is 86.0. The zero-order chi connectivity index (χ0) is 76.4. The first-order valence-corrected chi connectivity index (χ1v) is 35.9. The number of hydrogen-bond acceptors (Lipinski definition) is 20. The third-order valence-corrected chi connectivity index (χ3v) is 18.3. The molecule has 0 aliphatic carbocycles. The minimum atomic E-state index is -1.89. The Morgan fingerprint density at radius 3 is 1.59 bits per heavy atom. The van der Waals surface area contributed by atoms with Crippen LogP contribution in [0.25, 0.3) is 10.8 Å². The number of unbranched alkanes of at least 4 members (excludes halogenated alkanes) is 3. The molecule has 0 radical (unpaired) electrons. The summed E-state index contributed by atoms with van der Waals surface area (Å²) < 4.78 is 1.03. The van der Waals surface area contributed by atoms with Gasteiger partial charge in [0.2, 0.25) is 35.4 Å². The summed E-state index contributed by atoms with van der Waals surface area (Å²) >= 11 is 2.17. The Hall–Kier alpha value is -8.66. The Morgan fingerprint density at radius 2 is 1.06 bits per heavy atom. The van der Waals surface area contributed by atoms with Gasteiger partial charge in [0.25, 0.3) is 11.8 Å². The predicted octanol–water partition coefficient (Wildman–Crippen LogP) is -2.08. The zero-order valence-corrected chi connectivity index (χ0v) is 61.3. The van der Waals surface area contributed by atoms with Crippen molar-refractivity contribution in [1.29, 1.82) is 0 Å².